The molecule has 0 saturated carbocycles. The van der Waals surface area contributed by atoms with Crippen molar-refractivity contribution in [3.05, 3.63) is 0 Å². The van der Waals surface area contributed by atoms with Crippen LogP contribution in [0.25, 0.3) is 0 Å². The largest absolute Gasteiger partial charge is 0.491 e. The van der Waals surface area contributed by atoms with Crippen LogP contribution in [0.3, 0.4) is 0 Å². The molecule has 1 atom stereocenters. The average molecular weight is 253 g/mol. The lowest BCUT2D eigenvalue weighted by molar-refractivity contribution is -0.141. The van der Waals surface area contributed by atoms with Crippen LogP contribution < -0.4 is 0 Å². The second-order valence-corrected chi connectivity index (χ2v) is 4.35. The van der Waals surface area contributed by atoms with Crippen molar-refractivity contribution in [2.45, 2.75) is 13.0 Å². The molecule has 0 aromatic heterocycles. The Morgan fingerprint density at radius 3 is 2.56 bits per heavy atom. The highest BCUT2D eigenvalue weighted by Crippen LogP contribution is 2.38. The number of nitrogens with zero attached hydrogens (tertiary/aromatic N) is 2. The summed E-state index contributed by atoms with van der Waals surface area (Å²) in [7, 11) is -4.72. The molecule has 1 unspecified atom stereocenters. The van der Waals surface area contributed by atoms with Crippen LogP contribution in [0.4, 0.5) is 0 Å². The number of hydrogen-bond donors (Lipinski definition) is 4. The van der Waals surface area contributed by atoms with Gasteiger partial charge in [-0.05, 0) is 6.92 Å². The molecule has 0 aliphatic carbocycles. The highest BCUT2D eigenvalue weighted by molar-refractivity contribution is 7.46. The molecule has 1 fully saturated rings. The highest BCUT2D eigenvalue weighted by atomic mass is 31.2. The normalized spacial score (nSPS) is 19.1. The van der Waals surface area contributed by atoms with E-state index < -0.39 is 19.8 Å². The van der Waals surface area contributed by atoms with Crippen molar-refractivity contribution in [1.29, 1.82) is 5.41 Å². The molecule has 1 rings (SSSR count). The number of hydrogen-bond acceptors (Lipinski definition) is 4. The van der Waals surface area contributed by atoms with Crippen molar-refractivity contribution >= 4 is 19.8 Å². The van der Waals surface area contributed by atoms with Crippen LogP contribution in [0.5, 0.6) is 0 Å². The summed E-state index contributed by atoms with van der Waals surface area (Å²) in [5.74, 6) is -1.50. The Kier molecular flexibility index (Phi) is 3.54. The molecule has 0 aromatic rings. The minimum absolute atomic E-state index is 0.0293. The monoisotopic (exact) mass is 253 g/mol. The maximum absolute atomic E-state index is 10.7. The van der Waals surface area contributed by atoms with Crippen molar-refractivity contribution in [3.8, 4) is 0 Å². The second-order valence-electron chi connectivity index (χ2n) is 3.21. The third-order valence-electron chi connectivity index (χ3n) is 2.08. The van der Waals surface area contributed by atoms with E-state index in [0.29, 0.717) is 5.06 Å². The number of carboxylic acids is 1. The van der Waals surface area contributed by atoms with Gasteiger partial charge >= 0.3 is 13.8 Å². The second kappa shape index (κ2) is 4.38. The summed E-state index contributed by atoms with van der Waals surface area (Å²) >= 11 is 0. The van der Waals surface area contributed by atoms with E-state index in [2.05, 4.69) is 4.62 Å². The smallest absolute Gasteiger partial charge is 0.480 e. The predicted octanol–water partition coefficient (Wildman–Crippen LogP) is -0.964. The molecule has 1 saturated heterocycles. The van der Waals surface area contributed by atoms with Gasteiger partial charge in [0.15, 0.2) is 0 Å². The van der Waals surface area contributed by atoms with E-state index in [1.54, 1.807) is 0 Å². The SMILES string of the molecule is CC(C(=O)O)N1CCN(OP(=O)(O)O)C1=N. The first kappa shape index (κ1) is 12.9. The quantitative estimate of drug-likeness (QED) is 0.470. The lowest BCUT2D eigenvalue weighted by Crippen LogP contribution is -2.42. The van der Waals surface area contributed by atoms with Crippen LogP contribution in [0.15, 0.2) is 0 Å². The minimum Gasteiger partial charge on any atom is -0.480 e. The maximum atomic E-state index is 10.7. The Bertz CT molecular complexity index is 354. The number of rotatable bonds is 4. The van der Waals surface area contributed by atoms with E-state index in [0.717, 1.165) is 4.90 Å². The zero-order chi connectivity index (χ0) is 12.5. The molecule has 0 aromatic carbocycles. The zero-order valence-electron chi connectivity index (χ0n) is 8.40. The van der Waals surface area contributed by atoms with Crippen LogP contribution in [0.1, 0.15) is 6.92 Å². The molecule has 1 aliphatic heterocycles. The molecular formula is C6H12N3O6P. The molecular weight excluding hydrogens is 241 g/mol. The van der Waals surface area contributed by atoms with Crippen molar-refractivity contribution in [3.63, 3.8) is 0 Å². The molecule has 0 amide bonds. The standard InChI is InChI=1S/C6H12N3O6P/c1-4(5(10)11)8-2-3-9(6(8)7)15-16(12,13)14/h4,7H,2-3H2,1H3,(H,10,11)(H2,12,13,14). The van der Waals surface area contributed by atoms with Gasteiger partial charge in [-0.2, -0.15) is 4.62 Å². The Hall–Kier alpha value is -1.15. The average Bonchev–Trinajstić information content (AvgIpc) is 2.44. The third-order valence-corrected chi connectivity index (χ3v) is 2.49. The number of phosphoric acid groups is 1. The third kappa shape index (κ3) is 2.92. The number of aliphatic carboxylic acids is 1. The van der Waals surface area contributed by atoms with Crippen LogP contribution in [-0.2, 0) is 14.0 Å². The van der Waals surface area contributed by atoms with Crippen LogP contribution in [0.2, 0.25) is 0 Å². The summed E-state index contributed by atoms with van der Waals surface area (Å²) in [6.45, 7) is 1.56. The van der Waals surface area contributed by atoms with Gasteiger partial charge in [-0.1, -0.05) is 0 Å². The molecule has 0 bridgehead atoms. The number of nitrogens with one attached hydrogen (secondary N) is 1. The Morgan fingerprint density at radius 1 is 1.56 bits per heavy atom. The van der Waals surface area contributed by atoms with Gasteiger partial charge in [0, 0.05) is 6.54 Å². The summed E-state index contributed by atoms with van der Waals surface area (Å²) in [5.41, 5.74) is 0. The molecule has 1 aliphatic rings. The van der Waals surface area contributed by atoms with Crippen LogP contribution in [-0.4, -0.2) is 55.9 Å². The number of carboxylic acid groups (broad SMARTS) is 1. The first-order valence-corrected chi connectivity index (χ1v) is 5.86. The Balaban J connectivity index is 2.68. The molecule has 4 N–H and O–H groups in total. The van der Waals surface area contributed by atoms with Gasteiger partial charge in [0.25, 0.3) is 0 Å². The summed E-state index contributed by atoms with van der Waals surface area (Å²) in [6.07, 6.45) is 0. The lowest BCUT2D eigenvalue weighted by atomic mass is 10.3. The van der Waals surface area contributed by atoms with Crippen molar-refractivity contribution in [2.24, 2.45) is 0 Å². The Morgan fingerprint density at radius 2 is 2.12 bits per heavy atom. The van der Waals surface area contributed by atoms with Crippen molar-refractivity contribution in [1.82, 2.24) is 9.96 Å². The fraction of sp³-hybridized carbons (Fsp3) is 0.667. The van der Waals surface area contributed by atoms with E-state index in [1.807, 2.05) is 0 Å². The summed E-state index contributed by atoms with van der Waals surface area (Å²) < 4.78 is 14.8. The fourth-order valence-electron chi connectivity index (χ4n) is 1.27. The number of carbonyl (C=O) groups is 1. The minimum atomic E-state index is -4.72. The molecule has 92 valence electrons. The fourth-order valence-corrected chi connectivity index (χ4v) is 1.69. The summed E-state index contributed by atoms with van der Waals surface area (Å²) in [6, 6.07) is -0.946. The summed E-state index contributed by atoms with van der Waals surface area (Å²) in [4.78, 5) is 28.9. The molecule has 0 spiro atoms. The predicted molar refractivity (Wildman–Crippen MR) is 51.4 cm³/mol. The maximum Gasteiger partial charge on any atom is 0.491 e. The number of guanidine groups is 1. The van der Waals surface area contributed by atoms with E-state index in [-0.39, 0.29) is 19.0 Å². The Labute approximate surface area is 90.9 Å². The van der Waals surface area contributed by atoms with Crippen LogP contribution >= 0.6 is 7.82 Å². The zero-order valence-corrected chi connectivity index (χ0v) is 9.29. The molecule has 1 heterocycles. The van der Waals surface area contributed by atoms with Gasteiger partial charge in [-0.15, -0.1) is 0 Å². The van der Waals surface area contributed by atoms with Gasteiger partial charge in [0.2, 0.25) is 5.96 Å². The number of hydroxylamine groups is 2. The van der Waals surface area contributed by atoms with E-state index >= 15 is 0 Å². The van der Waals surface area contributed by atoms with Gasteiger partial charge in [-0.3, -0.25) is 5.41 Å². The summed E-state index contributed by atoms with van der Waals surface area (Å²) in [5, 5.41) is 16.9. The molecule has 16 heavy (non-hydrogen) atoms. The van der Waals surface area contributed by atoms with Gasteiger partial charge in [0.1, 0.15) is 6.04 Å². The highest BCUT2D eigenvalue weighted by Gasteiger charge is 2.35. The van der Waals surface area contributed by atoms with E-state index in [9.17, 15) is 9.36 Å². The van der Waals surface area contributed by atoms with Gasteiger partial charge < -0.3 is 19.8 Å². The van der Waals surface area contributed by atoms with Gasteiger partial charge in [-0.25, -0.2) is 14.4 Å². The first-order valence-electron chi connectivity index (χ1n) is 4.33. The van der Waals surface area contributed by atoms with E-state index in [1.165, 1.54) is 6.92 Å². The lowest BCUT2D eigenvalue weighted by Gasteiger charge is -2.23. The van der Waals surface area contributed by atoms with Gasteiger partial charge in [0.05, 0.1) is 6.54 Å². The first-order chi connectivity index (χ1) is 7.22. The van der Waals surface area contributed by atoms with Crippen molar-refractivity contribution in [2.75, 3.05) is 13.1 Å². The topological polar surface area (TPSA) is 134 Å². The molecule has 9 nitrogen and oxygen atoms in total. The van der Waals surface area contributed by atoms with E-state index in [4.69, 9.17) is 20.3 Å². The van der Waals surface area contributed by atoms with Crippen molar-refractivity contribution < 1.29 is 28.9 Å². The molecule has 10 heteroatoms. The molecule has 0 radical (unpaired) electrons. The van der Waals surface area contributed by atoms with Crippen LogP contribution in [0, 0.1) is 5.41 Å².